The Morgan fingerprint density at radius 1 is 0.875 bits per heavy atom. The number of hydrogen-bond acceptors (Lipinski definition) is 1. The second-order valence-electron chi connectivity index (χ2n) is 5.42. The van der Waals surface area contributed by atoms with Gasteiger partial charge in [0.05, 0.1) is 0 Å². The molecule has 0 spiro atoms. The number of para-hydroxylation sites is 1. The van der Waals surface area contributed by atoms with Gasteiger partial charge in [-0.25, -0.2) is 0 Å². The van der Waals surface area contributed by atoms with Crippen LogP contribution in [0.1, 0.15) is 38.5 Å². The van der Waals surface area contributed by atoms with Crippen LogP contribution in [0.3, 0.4) is 0 Å². The molecule has 2 heteroatoms. The summed E-state index contributed by atoms with van der Waals surface area (Å²) in [6, 6.07) is 10.7. The SMILES string of the molecule is c1ccc(NB2C3CCCC2CCC3)cc1. The van der Waals surface area contributed by atoms with Gasteiger partial charge in [0, 0.05) is 5.69 Å². The second kappa shape index (κ2) is 4.53. The largest absolute Gasteiger partial charge is 0.427 e. The average Bonchev–Trinajstić information content (AvgIpc) is 2.30. The maximum absolute atomic E-state index is 3.78. The Bertz CT molecular complexity index is 316. The fraction of sp³-hybridized carbons (Fsp3) is 0.571. The molecule has 0 saturated carbocycles. The highest BCUT2D eigenvalue weighted by Gasteiger charge is 2.39. The van der Waals surface area contributed by atoms with Crippen molar-refractivity contribution in [3.8, 4) is 0 Å². The molecule has 2 heterocycles. The van der Waals surface area contributed by atoms with Crippen molar-refractivity contribution in [2.75, 3.05) is 5.23 Å². The van der Waals surface area contributed by atoms with Crippen molar-refractivity contribution in [3.63, 3.8) is 0 Å². The predicted molar refractivity (Wildman–Crippen MR) is 71.0 cm³/mol. The van der Waals surface area contributed by atoms with Crippen molar-refractivity contribution in [3.05, 3.63) is 30.3 Å². The van der Waals surface area contributed by atoms with Gasteiger partial charge in [0.15, 0.2) is 0 Å². The first-order chi connectivity index (χ1) is 7.93. The first-order valence-corrected chi connectivity index (χ1v) is 6.75. The molecule has 1 N–H and O–H groups in total. The maximum Gasteiger partial charge on any atom is 0.258 e. The van der Waals surface area contributed by atoms with Gasteiger partial charge in [-0.2, -0.15) is 0 Å². The maximum atomic E-state index is 3.78. The quantitative estimate of drug-likeness (QED) is 0.726. The summed E-state index contributed by atoms with van der Waals surface area (Å²) >= 11 is 0. The number of anilines is 1. The third kappa shape index (κ3) is 1.98. The molecular weight excluding hydrogens is 193 g/mol. The van der Waals surface area contributed by atoms with E-state index in [1.54, 1.807) is 0 Å². The van der Waals surface area contributed by atoms with Crippen molar-refractivity contribution < 1.29 is 0 Å². The van der Waals surface area contributed by atoms with Gasteiger partial charge in [0.2, 0.25) is 0 Å². The van der Waals surface area contributed by atoms with Crippen molar-refractivity contribution in [2.24, 2.45) is 0 Å². The summed E-state index contributed by atoms with van der Waals surface area (Å²) in [7, 11) is 0. The van der Waals surface area contributed by atoms with E-state index >= 15 is 0 Å². The van der Waals surface area contributed by atoms with Crippen LogP contribution in [0.5, 0.6) is 0 Å². The smallest absolute Gasteiger partial charge is 0.258 e. The van der Waals surface area contributed by atoms with Crippen LogP contribution in [0, 0.1) is 0 Å². The fourth-order valence-electron chi connectivity index (χ4n) is 3.64. The topological polar surface area (TPSA) is 12.0 Å². The zero-order valence-electron chi connectivity index (χ0n) is 9.86. The standard InChI is InChI=1S/C14H20BN/c1-2-10-14(11-3-1)16-15-12-6-4-7-13(15)9-5-8-12/h1-3,10-13,16H,4-9H2. The molecule has 2 aliphatic heterocycles. The molecule has 0 amide bonds. The molecular formula is C14H20BN. The van der Waals surface area contributed by atoms with Gasteiger partial charge >= 0.3 is 0 Å². The Morgan fingerprint density at radius 3 is 2.00 bits per heavy atom. The molecule has 1 aromatic rings. The van der Waals surface area contributed by atoms with Crippen LogP contribution in [0.25, 0.3) is 0 Å². The second-order valence-corrected chi connectivity index (χ2v) is 5.42. The highest BCUT2D eigenvalue weighted by Crippen LogP contribution is 2.46. The van der Waals surface area contributed by atoms with E-state index in [1.807, 2.05) is 0 Å². The Hall–Kier alpha value is -0.915. The number of nitrogens with one attached hydrogen (secondary N) is 1. The van der Waals surface area contributed by atoms with Gasteiger partial charge in [-0.1, -0.05) is 56.7 Å². The zero-order valence-corrected chi connectivity index (χ0v) is 9.86. The minimum absolute atomic E-state index is 0.755. The molecule has 16 heavy (non-hydrogen) atoms. The van der Waals surface area contributed by atoms with E-state index in [0.29, 0.717) is 0 Å². The van der Waals surface area contributed by atoms with Crippen LogP contribution in [0.2, 0.25) is 11.6 Å². The van der Waals surface area contributed by atoms with Crippen molar-refractivity contribution >= 4 is 12.5 Å². The molecule has 3 rings (SSSR count). The van der Waals surface area contributed by atoms with E-state index in [1.165, 1.54) is 44.2 Å². The molecule has 1 nitrogen and oxygen atoms in total. The summed E-state index contributed by atoms with van der Waals surface area (Å²) in [4.78, 5) is 0. The summed E-state index contributed by atoms with van der Waals surface area (Å²) in [5.74, 6) is 1.88. The third-order valence-corrected chi connectivity index (χ3v) is 4.42. The lowest BCUT2D eigenvalue weighted by Gasteiger charge is -2.40. The van der Waals surface area contributed by atoms with Gasteiger partial charge in [-0.15, -0.1) is 0 Å². The molecule has 0 aliphatic carbocycles. The highest BCUT2D eigenvalue weighted by molar-refractivity contribution is 6.66. The zero-order chi connectivity index (χ0) is 10.8. The van der Waals surface area contributed by atoms with Crippen LogP contribution < -0.4 is 5.23 Å². The molecule has 2 bridgehead atoms. The van der Waals surface area contributed by atoms with Crippen molar-refractivity contribution in [2.45, 2.75) is 50.2 Å². The van der Waals surface area contributed by atoms with Gasteiger partial charge in [-0.3, -0.25) is 0 Å². The van der Waals surface area contributed by atoms with Crippen LogP contribution in [-0.2, 0) is 0 Å². The minimum atomic E-state index is 0.755. The summed E-state index contributed by atoms with van der Waals surface area (Å²) in [6.45, 7) is 0.755. The summed E-state index contributed by atoms with van der Waals surface area (Å²) < 4.78 is 0. The summed E-state index contributed by atoms with van der Waals surface area (Å²) in [5.41, 5.74) is 1.31. The molecule has 0 radical (unpaired) electrons. The monoisotopic (exact) mass is 213 g/mol. The lowest BCUT2D eigenvalue weighted by molar-refractivity contribution is 0.445. The highest BCUT2D eigenvalue weighted by atomic mass is 14.8. The molecule has 1 aromatic carbocycles. The molecule has 2 aliphatic rings. The van der Waals surface area contributed by atoms with E-state index in [-0.39, 0.29) is 0 Å². The first kappa shape index (κ1) is 10.3. The van der Waals surface area contributed by atoms with E-state index in [0.717, 1.165) is 18.5 Å². The number of benzene rings is 1. The van der Waals surface area contributed by atoms with Crippen molar-refractivity contribution in [1.29, 1.82) is 0 Å². The van der Waals surface area contributed by atoms with Gasteiger partial charge in [0.25, 0.3) is 6.85 Å². The van der Waals surface area contributed by atoms with Crippen LogP contribution in [0.15, 0.2) is 30.3 Å². The third-order valence-electron chi connectivity index (χ3n) is 4.42. The van der Waals surface area contributed by atoms with Crippen LogP contribution in [-0.4, -0.2) is 6.85 Å². The number of fused-ring (bicyclic) bond motifs is 2. The van der Waals surface area contributed by atoms with Crippen LogP contribution >= 0.6 is 0 Å². The lowest BCUT2D eigenvalue weighted by Crippen LogP contribution is -2.41. The Kier molecular flexibility index (Phi) is 2.90. The summed E-state index contributed by atoms with van der Waals surface area (Å²) in [5, 5.41) is 3.78. The molecule has 0 aromatic heterocycles. The molecule has 2 saturated heterocycles. The molecule has 0 unspecified atom stereocenters. The molecule has 2 fully saturated rings. The van der Waals surface area contributed by atoms with E-state index in [9.17, 15) is 0 Å². The predicted octanol–water partition coefficient (Wildman–Crippen LogP) is 4.20. The van der Waals surface area contributed by atoms with Gasteiger partial charge < -0.3 is 5.23 Å². The Labute approximate surface area is 98.7 Å². The minimum Gasteiger partial charge on any atom is -0.427 e. The van der Waals surface area contributed by atoms with Crippen molar-refractivity contribution in [1.82, 2.24) is 0 Å². The molecule has 84 valence electrons. The van der Waals surface area contributed by atoms with Crippen LogP contribution in [0.4, 0.5) is 5.69 Å². The van der Waals surface area contributed by atoms with E-state index in [2.05, 4.69) is 35.6 Å². The Morgan fingerprint density at radius 2 is 1.44 bits per heavy atom. The Balaban J connectivity index is 1.74. The fourth-order valence-corrected chi connectivity index (χ4v) is 3.64. The first-order valence-electron chi connectivity index (χ1n) is 6.75. The lowest BCUT2D eigenvalue weighted by atomic mass is 9.34. The summed E-state index contributed by atoms with van der Waals surface area (Å²) in [6.07, 6.45) is 8.70. The molecule has 0 atom stereocenters. The number of rotatable bonds is 2. The van der Waals surface area contributed by atoms with E-state index < -0.39 is 0 Å². The van der Waals surface area contributed by atoms with Gasteiger partial charge in [0.1, 0.15) is 0 Å². The normalized spacial score (nSPS) is 28.9. The number of hydrogen-bond donors (Lipinski definition) is 1. The van der Waals surface area contributed by atoms with E-state index in [4.69, 9.17) is 0 Å². The van der Waals surface area contributed by atoms with Gasteiger partial charge in [-0.05, 0) is 23.8 Å². The average molecular weight is 213 g/mol.